The Labute approximate surface area is 360 Å². The molecule has 7 fully saturated rings. The number of halogens is 2. The molecule has 3 aromatic rings. The summed E-state index contributed by atoms with van der Waals surface area (Å²) in [5.41, 5.74) is 3.83. The van der Waals surface area contributed by atoms with Crippen LogP contribution in [0.2, 0.25) is 10.3 Å². The van der Waals surface area contributed by atoms with Crippen molar-refractivity contribution in [1.29, 1.82) is 0 Å². The lowest BCUT2D eigenvalue weighted by Gasteiger charge is -2.53. The molecule has 8 atom stereocenters. The van der Waals surface area contributed by atoms with Crippen LogP contribution in [0.3, 0.4) is 0 Å². The normalized spacial score (nSPS) is 30.8. The number of H-pyrrole nitrogens is 2. The minimum Gasteiger partial charge on any atom is -0.453 e. The van der Waals surface area contributed by atoms with Crippen molar-refractivity contribution in [3.63, 3.8) is 0 Å². The van der Waals surface area contributed by atoms with Gasteiger partial charge in [0.05, 0.1) is 32.0 Å². The molecule has 1 aromatic carbocycles. The van der Waals surface area contributed by atoms with Crippen molar-refractivity contribution >= 4 is 47.2 Å². The Kier molecular flexibility index (Phi) is 10.4. The molecule has 14 nitrogen and oxygen atoms in total. The van der Waals surface area contributed by atoms with Gasteiger partial charge in [0.15, 0.2) is 5.15 Å². The van der Waals surface area contributed by atoms with Crippen LogP contribution in [0.1, 0.15) is 127 Å². The van der Waals surface area contributed by atoms with Crippen LogP contribution in [0.25, 0.3) is 11.3 Å². The highest BCUT2D eigenvalue weighted by atomic mass is 35.5. The van der Waals surface area contributed by atoms with E-state index in [0.717, 1.165) is 81.3 Å². The van der Waals surface area contributed by atoms with Gasteiger partial charge in [-0.25, -0.2) is 19.6 Å². The quantitative estimate of drug-likeness (QED) is 0.152. The molecule has 0 spiro atoms. The largest absolute Gasteiger partial charge is 0.453 e. The van der Waals surface area contributed by atoms with Gasteiger partial charge in [-0.3, -0.25) is 9.59 Å². The number of carbonyl (C=O) groups is 4. The molecule has 4 amide bonds. The molecule has 7 aliphatic rings. The maximum atomic E-state index is 14.0. The fraction of sp³-hybridized carbons (Fsp3) is 0.636. The van der Waals surface area contributed by atoms with Crippen molar-refractivity contribution in [2.45, 2.75) is 139 Å². The number of piperidine rings is 2. The standard InChI is InChI=1S/C44H56Cl2N8O6/c1-21(2)31(48-41(57)59-5)39(55)53-27-17-24(27)19-29(53)37-47-33(35(45)51-37)23-7-9-26(10-8-23)43-11-14-44(15-12-43,16-13-43)34-36(46)52-38(50-34)30-20-25-18-28(25)54(30)40(56)32(22(3)4)49-42(58)60-6/h7-10,21-22,24-25,27-32H,11-20H2,1-6H3,(H,47,51)(H,48,57)(H,49,58)(H,50,52)/t24-,25+,27-,28+,29+,30-,31+,32-,43?,44?/m0/s1. The SMILES string of the molecule is COC(=O)N[C@H](C(=O)N1[C@@H]2C[C@@H]2C[C@H]1c1nc(Cl)c(C23CCC(c4ccc(-c5nc([C@H]6C[C@@H]7C[C@@H]7N6C(=O)[C@H](NC(=O)OC)C(C)C)[nH]c5Cl)cc4)(CC2)CC3)[nH]1)C(C)C. The number of fused-ring (bicyclic) bond motifs is 5. The zero-order valence-corrected chi connectivity index (χ0v) is 36.7. The van der Waals surface area contributed by atoms with Crippen molar-refractivity contribution < 1.29 is 28.7 Å². The fourth-order valence-corrected chi connectivity index (χ4v) is 11.9. The average molecular weight is 864 g/mol. The van der Waals surface area contributed by atoms with E-state index in [4.69, 9.17) is 42.6 Å². The summed E-state index contributed by atoms with van der Waals surface area (Å²) >= 11 is 13.8. The summed E-state index contributed by atoms with van der Waals surface area (Å²) in [4.78, 5) is 72.9. The number of imidazole rings is 2. The van der Waals surface area contributed by atoms with Gasteiger partial charge in [0, 0.05) is 23.1 Å². The predicted molar refractivity (Wildman–Crippen MR) is 224 cm³/mol. The Balaban J connectivity index is 0.883. The molecule has 16 heteroatoms. The molecule has 5 saturated carbocycles. The highest BCUT2D eigenvalue weighted by Gasteiger charge is 2.58. The van der Waals surface area contributed by atoms with Crippen LogP contribution in [0.4, 0.5) is 9.59 Å². The second-order valence-corrected chi connectivity index (χ2v) is 19.8. The van der Waals surface area contributed by atoms with Crippen LogP contribution in [-0.2, 0) is 29.9 Å². The number of benzene rings is 1. The van der Waals surface area contributed by atoms with E-state index in [9.17, 15) is 19.2 Å². The van der Waals surface area contributed by atoms with Gasteiger partial charge in [-0.2, -0.15) is 0 Å². The molecule has 4 heterocycles. The van der Waals surface area contributed by atoms with Gasteiger partial charge in [-0.1, -0.05) is 75.2 Å². The van der Waals surface area contributed by atoms with E-state index in [0.29, 0.717) is 33.7 Å². The molecular weight excluding hydrogens is 807 g/mol. The average Bonchev–Trinajstić information content (AvgIpc) is 3.95. The minimum atomic E-state index is -0.706. The molecule has 2 bridgehead atoms. The number of rotatable bonds is 11. The molecule has 5 aliphatic carbocycles. The van der Waals surface area contributed by atoms with E-state index in [-0.39, 0.29) is 58.6 Å². The molecule has 4 N–H and O–H groups in total. The van der Waals surface area contributed by atoms with Crippen LogP contribution in [0.5, 0.6) is 0 Å². The number of nitrogens with zero attached hydrogens (tertiary/aromatic N) is 4. The fourth-order valence-electron chi connectivity index (χ4n) is 11.3. The van der Waals surface area contributed by atoms with Crippen LogP contribution in [0, 0.1) is 23.7 Å². The highest BCUT2D eigenvalue weighted by Crippen LogP contribution is 2.60. The number of hydrogen-bond acceptors (Lipinski definition) is 8. The van der Waals surface area contributed by atoms with Crippen molar-refractivity contribution in [1.82, 2.24) is 40.4 Å². The van der Waals surface area contributed by atoms with Crippen molar-refractivity contribution in [2.24, 2.45) is 23.7 Å². The summed E-state index contributed by atoms with van der Waals surface area (Å²) in [6.07, 6.45) is 8.31. The Morgan fingerprint density at radius 1 is 0.700 bits per heavy atom. The summed E-state index contributed by atoms with van der Waals surface area (Å²) in [7, 11) is 2.60. The number of aromatic amines is 2. The van der Waals surface area contributed by atoms with Gasteiger partial charge in [-0.15, -0.1) is 0 Å². The smallest absolute Gasteiger partial charge is 0.407 e. The summed E-state index contributed by atoms with van der Waals surface area (Å²) in [6.45, 7) is 7.68. The number of carbonyl (C=O) groups excluding carboxylic acids is 4. The van der Waals surface area contributed by atoms with Crippen molar-refractivity contribution in [3.8, 4) is 11.3 Å². The summed E-state index contributed by atoms with van der Waals surface area (Å²) in [5.74, 6) is 1.78. The van der Waals surface area contributed by atoms with Crippen LogP contribution >= 0.6 is 23.2 Å². The number of aromatic nitrogens is 4. The van der Waals surface area contributed by atoms with Gasteiger partial charge in [-0.05, 0) is 98.9 Å². The lowest BCUT2D eigenvalue weighted by Crippen LogP contribution is -2.52. The maximum Gasteiger partial charge on any atom is 0.407 e. The third-order valence-corrected chi connectivity index (χ3v) is 15.6. The summed E-state index contributed by atoms with van der Waals surface area (Å²) < 4.78 is 9.65. The first-order chi connectivity index (χ1) is 28.7. The second kappa shape index (κ2) is 15.3. The number of ether oxygens (including phenoxy) is 2. The van der Waals surface area contributed by atoms with Gasteiger partial charge in [0.2, 0.25) is 11.8 Å². The molecule has 322 valence electrons. The lowest BCUT2D eigenvalue weighted by atomic mass is 9.51. The third kappa shape index (κ3) is 6.93. The van der Waals surface area contributed by atoms with Crippen LogP contribution in [-0.4, -0.2) is 92.1 Å². The molecule has 2 aromatic heterocycles. The van der Waals surface area contributed by atoms with Crippen molar-refractivity contribution in [2.75, 3.05) is 14.2 Å². The van der Waals surface area contributed by atoms with Crippen molar-refractivity contribution in [3.05, 3.63) is 57.5 Å². The monoisotopic (exact) mass is 862 g/mol. The number of likely N-dealkylation sites (tertiary alicyclic amines) is 2. The number of nitrogens with one attached hydrogen (secondary N) is 4. The Morgan fingerprint density at radius 3 is 1.63 bits per heavy atom. The van der Waals surface area contributed by atoms with E-state index >= 15 is 0 Å². The Hall–Kier alpha value is -4.30. The van der Waals surface area contributed by atoms with E-state index < -0.39 is 24.3 Å². The van der Waals surface area contributed by atoms with Gasteiger partial charge in [0.25, 0.3) is 0 Å². The van der Waals surface area contributed by atoms with E-state index in [2.05, 4.69) is 44.9 Å². The van der Waals surface area contributed by atoms with E-state index in [1.807, 2.05) is 37.5 Å². The first-order valence-corrected chi connectivity index (χ1v) is 22.4. The molecule has 2 saturated heterocycles. The third-order valence-electron chi connectivity index (χ3n) is 15.0. The number of methoxy groups -OCH3 is 2. The number of hydrogen-bond donors (Lipinski definition) is 4. The Morgan fingerprint density at radius 2 is 1.17 bits per heavy atom. The number of alkyl carbamates (subject to hydrolysis) is 2. The van der Waals surface area contributed by atoms with E-state index in [1.165, 1.54) is 19.8 Å². The van der Waals surface area contributed by atoms with Gasteiger partial charge >= 0.3 is 12.2 Å². The van der Waals surface area contributed by atoms with Gasteiger partial charge < -0.3 is 39.9 Å². The highest BCUT2D eigenvalue weighted by molar-refractivity contribution is 6.32. The molecular formula is C44H56Cl2N8O6. The molecule has 0 unspecified atom stereocenters. The zero-order chi connectivity index (χ0) is 42.4. The molecule has 10 rings (SSSR count). The number of amides is 4. The summed E-state index contributed by atoms with van der Waals surface area (Å²) in [5, 5.41) is 6.44. The molecule has 60 heavy (non-hydrogen) atoms. The Bertz CT molecular complexity index is 2160. The first-order valence-electron chi connectivity index (χ1n) is 21.6. The topological polar surface area (TPSA) is 175 Å². The zero-order valence-electron chi connectivity index (χ0n) is 35.1. The lowest BCUT2D eigenvalue weighted by molar-refractivity contribution is -0.137. The summed E-state index contributed by atoms with van der Waals surface area (Å²) in [6, 6.07) is 7.08. The molecule has 0 radical (unpaired) electrons. The molecule has 2 aliphatic heterocycles. The van der Waals surface area contributed by atoms with Crippen LogP contribution in [0.15, 0.2) is 24.3 Å². The second-order valence-electron chi connectivity index (χ2n) is 19.0. The maximum absolute atomic E-state index is 14.0. The first kappa shape index (κ1) is 41.1. The van der Waals surface area contributed by atoms with E-state index in [1.54, 1.807) is 0 Å². The predicted octanol–water partition coefficient (Wildman–Crippen LogP) is 7.74. The van der Waals surface area contributed by atoms with Gasteiger partial charge in [0.1, 0.15) is 34.6 Å². The van der Waals surface area contributed by atoms with Crippen LogP contribution < -0.4 is 10.6 Å². The minimum absolute atomic E-state index is 0.0571.